The number of rotatable bonds is 8. The third-order valence-electron chi connectivity index (χ3n) is 9.83. The quantitative estimate of drug-likeness (QED) is 0.216. The summed E-state index contributed by atoms with van der Waals surface area (Å²) in [7, 11) is -4.25. The SMILES string of the molecule is CC1(C)CCC(CN2CCN(c3ccc(S(=O)(=O)NC(=O)c4ccc(F)c(-c5cnc6c(c5)CC(=O)N6)n4)cc3)CC2)=C(c2ccc(Cl)cc2)C1. The number of nitrogens with one attached hydrogen (secondary N) is 2. The van der Waals surface area contributed by atoms with Crippen LogP contribution in [0.15, 0.2) is 83.4 Å². The summed E-state index contributed by atoms with van der Waals surface area (Å²) in [5.74, 6) is -1.56. The number of nitrogens with zero attached hydrogens (tertiary/aromatic N) is 4. The highest BCUT2D eigenvalue weighted by atomic mass is 35.5. The van der Waals surface area contributed by atoms with E-state index in [-0.39, 0.29) is 39.6 Å². The zero-order chi connectivity index (χ0) is 35.9. The van der Waals surface area contributed by atoms with Gasteiger partial charge in [-0.05, 0) is 90.4 Å². The number of carbonyl (C=O) groups excluding carboxylic acids is 2. The van der Waals surface area contributed by atoms with Gasteiger partial charge < -0.3 is 10.2 Å². The lowest BCUT2D eigenvalue weighted by molar-refractivity contribution is -0.115. The van der Waals surface area contributed by atoms with Gasteiger partial charge in [0.15, 0.2) is 0 Å². The Morgan fingerprint density at radius 3 is 2.45 bits per heavy atom. The summed E-state index contributed by atoms with van der Waals surface area (Å²) in [4.78, 5) is 37.6. The highest BCUT2D eigenvalue weighted by Gasteiger charge is 2.30. The van der Waals surface area contributed by atoms with Crippen LogP contribution in [0.3, 0.4) is 0 Å². The van der Waals surface area contributed by atoms with E-state index in [2.05, 4.69) is 51.1 Å². The molecular formula is C38H38ClFN6O4S. The molecule has 2 N–H and O–H groups in total. The van der Waals surface area contributed by atoms with Crippen LogP contribution >= 0.6 is 11.6 Å². The molecule has 0 bridgehead atoms. The molecule has 7 rings (SSSR count). The third-order valence-corrected chi connectivity index (χ3v) is 11.4. The van der Waals surface area contributed by atoms with Crippen LogP contribution in [0.25, 0.3) is 16.8 Å². The Labute approximate surface area is 301 Å². The van der Waals surface area contributed by atoms with Crippen molar-refractivity contribution in [1.29, 1.82) is 0 Å². The van der Waals surface area contributed by atoms with Crippen LogP contribution in [0.5, 0.6) is 0 Å². The number of allylic oxidation sites excluding steroid dienone is 1. The van der Waals surface area contributed by atoms with E-state index in [4.69, 9.17) is 11.6 Å². The molecule has 1 aliphatic carbocycles. The molecule has 0 saturated carbocycles. The van der Waals surface area contributed by atoms with Gasteiger partial charge in [-0.1, -0.05) is 43.2 Å². The Balaban J connectivity index is 0.983. The van der Waals surface area contributed by atoms with E-state index in [0.717, 1.165) is 74.8 Å². The van der Waals surface area contributed by atoms with Gasteiger partial charge in [0.1, 0.15) is 23.0 Å². The van der Waals surface area contributed by atoms with Gasteiger partial charge in [0.05, 0.1) is 11.3 Å². The van der Waals surface area contributed by atoms with Gasteiger partial charge in [-0.3, -0.25) is 14.5 Å². The molecule has 2 aliphatic heterocycles. The van der Waals surface area contributed by atoms with Gasteiger partial charge in [0.2, 0.25) is 5.91 Å². The lowest BCUT2D eigenvalue weighted by Gasteiger charge is -2.39. The number of halogens is 2. The average molecular weight is 729 g/mol. The molecule has 0 unspecified atom stereocenters. The van der Waals surface area contributed by atoms with Crippen molar-refractivity contribution < 1.29 is 22.4 Å². The van der Waals surface area contributed by atoms with Gasteiger partial charge in [-0.25, -0.2) is 27.5 Å². The molecule has 2 amide bonds. The number of amides is 2. The smallest absolute Gasteiger partial charge is 0.283 e. The molecular weight excluding hydrogens is 691 g/mol. The lowest BCUT2D eigenvalue weighted by Crippen LogP contribution is -2.47. The van der Waals surface area contributed by atoms with E-state index >= 15 is 0 Å². The second-order valence-electron chi connectivity index (χ2n) is 14.1. The van der Waals surface area contributed by atoms with Crippen molar-refractivity contribution in [3.8, 4) is 11.3 Å². The molecule has 51 heavy (non-hydrogen) atoms. The molecule has 13 heteroatoms. The topological polar surface area (TPSA) is 125 Å². The summed E-state index contributed by atoms with van der Waals surface area (Å²) < 4.78 is 43.2. The maximum atomic E-state index is 14.7. The predicted molar refractivity (Wildman–Crippen MR) is 196 cm³/mol. The van der Waals surface area contributed by atoms with Gasteiger partial charge in [-0.15, -0.1) is 0 Å². The fourth-order valence-electron chi connectivity index (χ4n) is 6.97. The molecule has 1 saturated heterocycles. The van der Waals surface area contributed by atoms with Crippen LogP contribution in [0, 0.1) is 11.2 Å². The summed E-state index contributed by atoms with van der Waals surface area (Å²) in [6.07, 6.45) is 4.70. The van der Waals surface area contributed by atoms with E-state index in [1.54, 1.807) is 18.2 Å². The Morgan fingerprint density at radius 2 is 1.73 bits per heavy atom. The number of benzene rings is 2. The van der Waals surface area contributed by atoms with Crippen LogP contribution in [0.4, 0.5) is 15.9 Å². The second-order valence-corrected chi connectivity index (χ2v) is 16.2. The van der Waals surface area contributed by atoms with E-state index in [1.165, 1.54) is 35.0 Å². The molecule has 4 heterocycles. The lowest BCUT2D eigenvalue weighted by atomic mass is 9.72. The first-order valence-electron chi connectivity index (χ1n) is 16.9. The van der Waals surface area contributed by atoms with Crippen molar-refractivity contribution >= 4 is 50.5 Å². The van der Waals surface area contributed by atoms with Crippen molar-refractivity contribution in [2.45, 2.75) is 44.4 Å². The monoisotopic (exact) mass is 728 g/mol. The Kier molecular flexibility index (Phi) is 9.42. The number of pyridine rings is 2. The van der Waals surface area contributed by atoms with Crippen LogP contribution in [-0.4, -0.2) is 67.8 Å². The molecule has 0 spiro atoms. The van der Waals surface area contributed by atoms with E-state index in [1.807, 2.05) is 16.9 Å². The van der Waals surface area contributed by atoms with Crippen molar-refractivity contribution in [2.75, 3.05) is 42.9 Å². The molecule has 0 atom stereocenters. The first-order valence-corrected chi connectivity index (χ1v) is 18.8. The minimum Gasteiger partial charge on any atom is -0.369 e. The van der Waals surface area contributed by atoms with Crippen LogP contribution in [0.1, 0.15) is 54.7 Å². The highest BCUT2D eigenvalue weighted by molar-refractivity contribution is 7.90. The normalized spacial score (nSPS) is 17.6. The fourth-order valence-corrected chi connectivity index (χ4v) is 8.06. The van der Waals surface area contributed by atoms with Crippen LogP contribution in [-0.2, 0) is 21.2 Å². The van der Waals surface area contributed by atoms with E-state index in [0.29, 0.717) is 11.4 Å². The number of piperazine rings is 1. The molecule has 2 aromatic carbocycles. The highest BCUT2D eigenvalue weighted by Crippen LogP contribution is 2.43. The van der Waals surface area contributed by atoms with Gasteiger partial charge in [0.25, 0.3) is 15.9 Å². The summed E-state index contributed by atoms with van der Waals surface area (Å²) >= 11 is 6.18. The number of aromatic nitrogens is 2. The van der Waals surface area contributed by atoms with E-state index in [9.17, 15) is 22.4 Å². The zero-order valence-electron chi connectivity index (χ0n) is 28.4. The van der Waals surface area contributed by atoms with Crippen molar-refractivity contribution in [2.24, 2.45) is 5.41 Å². The Bertz CT molecular complexity index is 2150. The Morgan fingerprint density at radius 1 is 1.00 bits per heavy atom. The third kappa shape index (κ3) is 7.68. The molecule has 10 nitrogen and oxygen atoms in total. The minimum absolute atomic E-state index is 0.0811. The zero-order valence-corrected chi connectivity index (χ0v) is 30.0. The number of hydrogen-bond donors (Lipinski definition) is 2. The number of hydrogen-bond acceptors (Lipinski definition) is 8. The molecule has 264 valence electrons. The van der Waals surface area contributed by atoms with Gasteiger partial charge in [-0.2, -0.15) is 0 Å². The first kappa shape index (κ1) is 34.8. The van der Waals surface area contributed by atoms with Crippen LogP contribution < -0.4 is 14.9 Å². The standard InChI is InChI=1S/C38H38ClFN6O4S/c1-38(2)14-13-25(31(21-38)24-3-5-28(39)6-4-24)23-45-15-17-46(18-16-45)29-7-9-30(10-8-29)51(49,50)44-37(48)33-12-11-32(40)35(42-33)27-19-26-20-34(47)43-36(26)41-22-27/h3-12,19,22H,13-18,20-21,23H2,1-2H3,(H,44,48)(H,41,43,47). The maximum absolute atomic E-state index is 14.7. The molecule has 1 fully saturated rings. The summed E-state index contributed by atoms with van der Waals surface area (Å²) in [6.45, 7) is 8.93. The largest absolute Gasteiger partial charge is 0.369 e. The number of carbonyl (C=O) groups is 2. The number of fused-ring (bicyclic) bond motifs is 1. The number of anilines is 2. The minimum atomic E-state index is -4.25. The first-order chi connectivity index (χ1) is 24.3. The van der Waals surface area contributed by atoms with Crippen molar-refractivity contribution in [1.82, 2.24) is 19.6 Å². The summed E-state index contributed by atoms with van der Waals surface area (Å²) in [5.41, 5.74) is 5.68. The van der Waals surface area contributed by atoms with E-state index < -0.39 is 21.7 Å². The molecule has 2 aromatic heterocycles. The predicted octanol–water partition coefficient (Wildman–Crippen LogP) is 6.34. The Hall–Kier alpha value is -4.65. The second kappa shape index (κ2) is 13.8. The average Bonchev–Trinajstić information content (AvgIpc) is 3.49. The fraction of sp³-hybridized carbons (Fsp3) is 0.316. The van der Waals surface area contributed by atoms with Gasteiger partial charge in [0, 0.05) is 60.8 Å². The molecule has 3 aliphatic rings. The van der Waals surface area contributed by atoms with Crippen molar-refractivity contribution in [3.63, 3.8) is 0 Å². The maximum Gasteiger partial charge on any atom is 0.283 e. The molecule has 0 radical (unpaired) electrons. The van der Waals surface area contributed by atoms with Gasteiger partial charge >= 0.3 is 0 Å². The molecule has 4 aromatic rings. The van der Waals surface area contributed by atoms with Crippen LogP contribution in [0.2, 0.25) is 5.02 Å². The summed E-state index contributed by atoms with van der Waals surface area (Å²) in [5, 5.41) is 3.34. The summed E-state index contributed by atoms with van der Waals surface area (Å²) in [6, 6.07) is 18.3. The van der Waals surface area contributed by atoms with Crippen molar-refractivity contribution in [3.05, 3.63) is 106 Å². The number of sulfonamides is 1.